The molecule has 1 aliphatic rings. The van der Waals surface area contributed by atoms with Crippen molar-refractivity contribution in [1.82, 2.24) is 15.2 Å². The number of rotatable bonds is 5. The lowest BCUT2D eigenvalue weighted by Crippen LogP contribution is -2.44. The van der Waals surface area contributed by atoms with Crippen LogP contribution in [0.1, 0.15) is 11.6 Å². The van der Waals surface area contributed by atoms with E-state index in [4.69, 9.17) is 17.0 Å². The number of anilines is 1. The third-order valence-electron chi connectivity index (χ3n) is 4.11. The largest absolute Gasteiger partial charge is 0.379 e. The van der Waals surface area contributed by atoms with Crippen molar-refractivity contribution >= 4 is 45.6 Å². The smallest absolute Gasteiger partial charge is 0.170 e. The first kappa shape index (κ1) is 18.5. The monoisotopic (exact) mass is 468 g/mol. The highest BCUT2D eigenvalue weighted by Crippen LogP contribution is 2.20. The fourth-order valence-electron chi connectivity index (χ4n) is 2.82. The summed E-state index contributed by atoms with van der Waals surface area (Å²) >= 11 is 7.74. The fourth-order valence-corrected chi connectivity index (χ4v) is 3.38. The van der Waals surface area contributed by atoms with Gasteiger partial charge in [-0.3, -0.25) is 9.88 Å². The highest BCUT2D eigenvalue weighted by Gasteiger charge is 2.22. The molecule has 0 amide bonds. The summed E-state index contributed by atoms with van der Waals surface area (Å²) in [5.74, 6) is 0. The molecule has 2 N–H and O–H groups in total. The van der Waals surface area contributed by atoms with Gasteiger partial charge in [0, 0.05) is 41.3 Å². The van der Waals surface area contributed by atoms with Crippen molar-refractivity contribution in [3.63, 3.8) is 0 Å². The van der Waals surface area contributed by atoms with Crippen molar-refractivity contribution in [2.24, 2.45) is 0 Å². The number of nitrogens with one attached hydrogen (secondary N) is 2. The summed E-state index contributed by atoms with van der Waals surface area (Å²) in [6.07, 6.45) is 3.73. The van der Waals surface area contributed by atoms with Gasteiger partial charge < -0.3 is 15.4 Å². The second-order valence-corrected chi connectivity index (χ2v) is 7.45. The van der Waals surface area contributed by atoms with Crippen LogP contribution in [0.2, 0.25) is 0 Å². The lowest BCUT2D eigenvalue weighted by molar-refractivity contribution is 0.0170. The molecule has 0 bridgehead atoms. The van der Waals surface area contributed by atoms with Gasteiger partial charge in [0.05, 0.1) is 19.3 Å². The summed E-state index contributed by atoms with van der Waals surface area (Å²) in [6, 6.07) is 12.5. The lowest BCUT2D eigenvalue weighted by atomic mass is 10.1. The predicted molar refractivity (Wildman–Crippen MR) is 113 cm³/mol. The van der Waals surface area contributed by atoms with Gasteiger partial charge in [-0.2, -0.15) is 0 Å². The quantitative estimate of drug-likeness (QED) is 0.520. The van der Waals surface area contributed by atoms with Crippen LogP contribution < -0.4 is 10.6 Å². The van der Waals surface area contributed by atoms with E-state index < -0.39 is 0 Å². The van der Waals surface area contributed by atoms with Gasteiger partial charge in [-0.05, 0) is 70.7 Å². The number of morpholine rings is 1. The van der Waals surface area contributed by atoms with Gasteiger partial charge in [0.25, 0.3) is 0 Å². The van der Waals surface area contributed by atoms with Crippen molar-refractivity contribution < 1.29 is 4.74 Å². The molecule has 1 fully saturated rings. The Morgan fingerprint density at radius 2 is 2.00 bits per heavy atom. The van der Waals surface area contributed by atoms with Crippen LogP contribution in [0, 0.1) is 3.57 Å². The molecule has 7 heteroatoms. The zero-order valence-corrected chi connectivity index (χ0v) is 16.8. The molecule has 2 aromatic rings. The molecule has 1 aliphatic heterocycles. The Hall–Kier alpha value is -1.29. The molecule has 0 radical (unpaired) electrons. The molecule has 0 unspecified atom stereocenters. The number of thiocarbonyl (C=S) groups is 1. The maximum absolute atomic E-state index is 5.48. The van der Waals surface area contributed by atoms with Gasteiger partial charge in [0.1, 0.15) is 0 Å². The van der Waals surface area contributed by atoms with Crippen LogP contribution in [0.4, 0.5) is 5.69 Å². The molecule has 1 aromatic heterocycles. The number of aromatic nitrogens is 1. The minimum absolute atomic E-state index is 0.217. The number of benzene rings is 1. The van der Waals surface area contributed by atoms with E-state index in [-0.39, 0.29) is 6.04 Å². The Labute approximate surface area is 167 Å². The first-order valence-electron chi connectivity index (χ1n) is 8.24. The SMILES string of the molecule is S=C(NC[C@H](c1cccnc1)N1CCOCC1)Nc1ccc(I)cc1. The number of halogens is 1. The van der Waals surface area contributed by atoms with Crippen LogP contribution in [0.3, 0.4) is 0 Å². The molecule has 3 rings (SSSR count). The molecule has 0 spiro atoms. The molecule has 132 valence electrons. The Bertz CT molecular complexity index is 677. The van der Waals surface area contributed by atoms with E-state index in [9.17, 15) is 0 Å². The average molecular weight is 468 g/mol. The number of hydrogen-bond donors (Lipinski definition) is 2. The summed E-state index contributed by atoms with van der Waals surface area (Å²) in [4.78, 5) is 6.69. The van der Waals surface area contributed by atoms with E-state index in [0.717, 1.165) is 38.5 Å². The molecule has 5 nitrogen and oxygen atoms in total. The fraction of sp³-hybridized carbons (Fsp3) is 0.333. The van der Waals surface area contributed by atoms with Crippen LogP contribution in [0.15, 0.2) is 48.8 Å². The van der Waals surface area contributed by atoms with Crippen LogP contribution in [-0.4, -0.2) is 47.8 Å². The maximum atomic E-state index is 5.48. The molecule has 2 heterocycles. The molecule has 0 aliphatic carbocycles. The van der Waals surface area contributed by atoms with Gasteiger partial charge in [-0.25, -0.2) is 0 Å². The van der Waals surface area contributed by atoms with E-state index in [0.29, 0.717) is 5.11 Å². The van der Waals surface area contributed by atoms with E-state index in [1.807, 2.05) is 24.4 Å². The minimum atomic E-state index is 0.217. The van der Waals surface area contributed by atoms with Crippen molar-refractivity contribution in [3.8, 4) is 0 Å². The van der Waals surface area contributed by atoms with Gasteiger partial charge in [0.15, 0.2) is 5.11 Å². The number of ether oxygens (including phenoxy) is 1. The highest BCUT2D eigenvalue weighted by molar-refractivity contribution is 14.1. The summed E-state index contributed by atoms with van der Waals surface area (Å²) in [7, 11) is 0. The van der Waals surface area contributed by atoms with E-state index in [1.165, 1.54) is 9.13 Å². The molecule has 1 saturated heterocycles. The van der Waals surface area contributed by atoms with Gasteiger partial charge in [-0.1, -0.05) is 6.07 Å². The average Bonchev–Trinajstić information content (AvgIpc) is 2.66. The summed E-state index contributed by atoms with van der Waals surface area (Å²) in [5, 5.41) is 7.21. The van der Waals surface area contributed by atoms with E-state index in [2.05, 4.69) is 61.3 Å². The van der Waals surface area contributed by atoms with Crippen molar-refractivity contribution in [1.29, 1.82) is 0 Å². The first-order chi connectivity index (χ1) is 12.2. The summed E-state index contributed by atoms with van der Waals surface area (Å²) in [6.45, 7) is 4.09. The van der Waals surface area contributed by atoms with Crippen LogP contribution in [0.25, 0.3) is 0 Å². The van der Waals surface area contributed by atoms with Crippen LogP contribution in [-0.2, 0) is 4.74 Å². The topological polar surface area (TPSA) is 49.4 Å². The second-order valence-electron chi connectivity index (χ2n) is 5.79. The lowest BCUT2D eigenvalue weighted by Gasteiger charge is -2.35. The van der Waals surface area contributed by atoms with Gasteiger partial charge in [-0.15, -0.1) is 0 Å². The van der Waals surface area contributed by atoms with Crippen molar-refractivity contribution in [3.05, 3.63) is 57.9 Å². The number of pyridine rings is 1. The molecule has 1 aromatic carbocycles. The Morgan fingerprint density at radius 3 is 2.68 bits per heavy atom. The van der Waals surface area contributed by atoms with Crippen molar-refractivity contribution in [2.45, 2.75) is 6.04 Å². The third kappa shape index (κ3) is 5.60. The highest BCUT2D eigenvalue weighted by atomic mass is 127. The molecular formula is C18H21IN4OS. The van der Waals surface area contributed by atoms with Crippen LogP contribution >= 0.6 is 34.8 Å². The Morgan fingerprint density at radius 1 is 1.24 bits per heavy atom. The zero-order chi connectivity index (χ0) is 17.5. The maximum Gasteiger partial charge on any atom is 0.170 e. The molecule has 0 saturated carbocycles. The van der Waals surface area contributed by atoms with Crippen molar-refractivity contribution in [2.75, 3.05) is 38.2 Å². The van der Waals surface area contributed by atoms with E-state index >= 15 is 0 Å². The zero-order valence-electron chi connectivity index (χ0n) is 13.8. The van der Waals surface area contributed by atoms with Gasteiger partial charge in [0.2, 0.25) is 0 Å². The molecular weight excluding hydrogens is 447 g/mol. The first-order valence-corrected chi connectivity index (χ1v) is 9.73. The third-order valence-corrected chi connectivity index (χ3v) is 5.08. The number of nitrogens with zero attached hydrogens (tertiary/aromatic N) is 2. The Kier molecular flexibility index (Phi) is 6.97. The second kappa shape index (κ2) is 9.42. The number of hydrogen-bond acceptors (Lipinski definition) is 4. The molecule has 1 atom stereocenters. The summed E-state index contributed by atoms with van der Waals surface area (Å²) in [5.41, 5.74) is 2.18. The standard InChI is InChI=1S/C18H21IN4OS/c19-15-3-5-16(6-4-15)22-18(25)21-13-17(14-2-1-7-20-12-14)23-8-10-24-11-9-23/h1-7,12,17H,8-11,13H2,(H2,21,22,25)/t17-/m1/s1. The predicted octanol–water partition coefficient (Wildman–Crippen LogP) is 3.05. The normalized spacial score (nSPS) is 16.2. The van der Waals surface area contributed by atoms with E-state index in [1.54, 1.807) is 6.20 Å². The minimum Gasteiger partial charge on any atom is -0.379 e. The molecule has 25 heavy (non-hydrogen) atoms. The van der Waals surface area contributed by atoms with Gasteiger partial charge >= 0.3 is 0 Å². The van der Waals surface area contributed by atoms with Crippen LogP contribution in [0.5, 0.6) is 0 Å². The Balaban J connectivity index is 1.61. The summed E-state index contributed by atoms with van der Waals surface area (Å²) < 4.78 is 6.68.